The fourth-order valence-electron chi connectivity index (χ4n) is 5.06. The minimum atomic E-state index is -1.34. The molecule has 10 heteroatoms. The van der Waals surface area contributed by atoms with E-state index in [1.807, 2.05) is 91.0 Å². The Morgan fingerprint density at radius 2 is 1.02 bits per heavy atom. The molecule has 0 aromatic heterocycles. The summed E-state index contributed by atoms with van der Waals surface area (Å²) in [5, 5.41) is -0.113. The number of benzene rings is 3. The summed E-state index contributed by atoms with van der Waals surface area (Å²) in [5.74, 6) is -2.09. The Hall–Kier alpha value is -4.12. The van der Waals surface area contributed by atoms with Gasteiger partial charge in [-0.1, -0.05) is 91.0 Å². The zero-order chi connectivity index (χ0) is 30.3. The summed E-state index contributed by atoms with van der Waals surface area (Å²) in [7, 11) is 1.33. The molecular weight excluding hydrogens is 560 g/mol. The van der Waals surface area contributed by atoms with Crippen LogP contribution in [0.3, 0.4) is 0 Å². The third-order valence-electron chi connectivity index (χ3n) is 6.66. The van der Waals surface area contributed by atoms with Gasteiger partial charge in [0.15, 0.2) is 41.4 Å². The molecule has 0 saturated carbocycles. The maximum atomic E-state index is 12.3. The molecule has 220 valence electrons. The number of rotatable bonds is 9. The first-order valence-corrected chi connectivity index (χ1v) is 13.7. The number of esters is 3. The van der Waals surface area contributed by atoms with Crippen molar-refractivity contribution >= 4 is 35.2 Å². The fraction of sp³-hybridized carbons (Fsp3) is 0.312. The van der Waals surface area contributed by atoms with E-state index in [0.29, 0.717) is 0 Å². The summed E-state index contributed by atoms with van der Waals surface area (Å²) in [5.41, 5.74) is 1.03. The number of methoxy groups -OCH3 is 1. The van der Waals surface area contributed by atoms with E-state index in [4.69, 9.17) is 40.6 Å². The van der Waals surface area contributed by atoms with E-state index >= 15 is 0 Å². The lowest BCUT2D eigenvalue weighted by molar-refractivity contribution is -0.288. The van der Waals surface area contributed by atoms with Gasteiger partial charge in [-0.15, -0.1) is 0 Å². The second-order valence-electron chi connectivity index (χ2n) is 9.58. The second-order valence-corrected chi connectivity index (χ2v) is 9.99. The molecule has 1 aliphatic heterocycles. The van der Waals surface area contributed by atoms with Crippen LogP contribution in [0, 0.1) is 0 Å². The summed E-state index contributed by atoms with van der Waals surface area (Å²) >= 11 is 5.90. The summed E-state index contributed by atoms with van der Waals surface area (Å²) in [6, 6.07) is 28.6. The molecule has 4 rings (SSSR count). The number of ether oxygens (including phenoxy) is 6. The molecule has 42 heavy (non-hydrogen) atoms. The monoisotopic (exact) mass is 592 g/mol. The molecule has 0 radical (unpaired) electrons. The molecule has 1 heterocycles. The Kier molecular flexibility index (Phi) is 10.1. The number of hydrogen-bond donors (Lipinski definition) is 0. The zero-order valence-electron chi connectivity index (χ0n) is 23.6. The highest BCUT2D eigenvalue weighted by atomic mass is 32.1. The van der Waals surface area contributed by atoms with Gasteiger partial charge in [0.25, 0.3) is 0 Å². The number of carbonyl (C=O) groups is 3. The van der Waals surface area contributed by atoms with Gasteiger partial charge in [-0.3, -0.25) is 14.4 Å². The van der Waals surface area contributed by atoms with Gasteiger partial charge in [0, 0.05) is 44.6 Å². The maximum Gasteiger partial charge on any atom is 0.303 e. The van der Waals surface area contributed by atoms with Crippen molar-refractivity contribution in [2.45, 2.75) is 57.1 Å². The number of carbonyl (C=O) groups excluding carboxylic acids is 3. The third kappa shape index (κ3) is 6.67. The Morgan fingerprint density at radius 1 is 0.643 bits per heavy atom. The van der Waals surface area contributed by atoms with E-state index in [1.165, 1.54) is 27.9 Å². The first-order valence-electron chi connectivity index (χ1n) is 13.3. The zero-order valence-corrected chi connectivity index (χ0v) is 24.4. The fourth-order valence-corrected chi connectivity index (χ4v) is 5.37. The van der Waals surface area contributed by atoms with Gasteiger partial charge in [0.05, 0.1) is 0 Å². The van der Waals surface area contributed by atoms with Crippen LogP contribution >= 0.6 is 12.2 Å². The Bertz CT molecular complexity index is 1280. The number of thiocarbonyl (C=S) groups is 1. The van der Waals surface area contributed by atoms with Crippen molar-refractivity contribution in [2.75, 3.05) is 7.11 Å². The van der Waals surface area contributed by atoms with Crippen LogP contribution < -0.4 is 0 Å². The molecule has 0 unspecified atom stereocenters. The molecule has 9 nitrogen and oxygen atoms in total. The van der Waals surface area contributed by atoms with E-state index < -0.39 is 54.2 Å². The van der Waals surface area contributed by atoms with Crippen molar-refractivity contribution in [3.05, 3.63) is 108 Å². The molecule has 3 aromatic carbocycles. The molecule has 0 amide bonds. The quantitative estimate of drug-likeness (QED) is 0.153. The first-order chi connectivity index (χ1) is 20.2. The predicted molar refractivity (Wildman–Crippen MR) is 155 cm³/mol. The van der Waals surface area contributed by atoms with Crippen LogP contribution in [0.2, 0.25) is 0 Å². The first kappa shape index (κ1) is 30.8. The molecule has 5 atom stereocenters. The van der Waals surface area contributed by atoms with Gasteiger partial charge in [0.2, 0.25) is 0 Å². The van der Waals surface area contributed by atoms with Crippen molar-refractivity contribution in [3.8, 4) is 0 Å². The lowest BCUT2D eigenvalue weighted by Gasteiger charge is -2.45. The minimum absolute atomic E-state index is 0.113. The van der Waals surface area contributed by atoms with E-state index in [2.05, 4.69) is 0 Å². The smallest absolute Gasteiger partial charge is 0.303 e. The van der Waals surface area contributed by atoms with E-state index in [1.54, 1.807) is 0 Å². The van der Waals surface area contributed by atoms with Gasteiger partial charge >= 0.3 is 17.9 Å². The molecule has 3 aromatic rings. The molecule has 1 fully saturated rings. The van der Waals surface area contributed by atoms with Crippen LogP contribution in [-0.4, -0.2) is 60.8 Å². The normalized spacial score (nSPS) is 22.0. The van der Waals surface area contributed by atoms with Crippen molar-refractivity contribution in [1.82, 2.24) is 0 Å². The molecule has 0 N–H and O–H groups in total. The lowest BCUT2D eigenvalue weighted by atomic mass is 9.80. The van der Waals surface area contributed by atoms with Crippen LogP contribution in [0.1, 0.15) is 37.5 Å². The van der Waals surface area contributed by atoms with Crippen LogP contribution in [-0.2, 0) is 48.4 Å². The maximum absolute atomic E-state index is 12.3. The molecule has 0 aliphatic carbocycles. The van der Waals surface area contributed by atoms with Crippen LogP contribution in [0.25, 0.3) is 0 Å². The minimum Gasteiger partial charge on any atom is -0.463 e. The van der Waals surface area contributed by atoms with Gasteiger partial charge in [-0.2, -0.15) is 0 Å². The molecule has 0 spiro atoms. The summed E-state index contributed by atoms with van der Waals surface area (Å²) < 4.78 is 35.0. The van der Waals surface area contributed by atoms with Gasteiger partial charge < -0.3 is 28.4 Å². The summed E-state index contributed by atoms with van der Waals surface area (Å²) in [6.45, 7) is 3.56. The van der Waals surface area contributed by atoms with Crippen LogP contribution in [0.4, 0.5) is 0 Å². The van der Waals surface area contributed by atoms with Gasteiger partial charge in [-0.25, -0.2) is 0 Å². The molecule has 1 aliphatic rings. The SMILES string of the molecule is CO[C@H]1O[C@H](C(=S)OC(c2ccccc2)(c2ccccc2)c2ccccc2)[C@@H](OC(C)=O)[C@H](OC(C)=O)[C@H]1OC(C)=O. The van der Waals surface area contributed by atoms with Crippen molar-refractivity contribution < 1.29 is 42.8 Å². The highest BCUT2D eigenvalue weighted by Crippen LogP contribution is 2.42. The number of hydrogen-bond acceptors (Lipinski definition) is 10. The summed E-state index contributed by atoms with van der Waals surface area (Å²) in [4.78, 5) is 36.5. The highest BCUT2D eigenvalue weighted by Gasteiger charge is 2.55. The summed E-state index contributed by atoms with van der Waals surface area (Å²) in [6.07, 6.45) is -6.44. The second kappa shape index (κ2) is 13.7. The van der Waals surface area contributed by atoms with Gasteiger partial charge in [0.1, 0.15) is 0 Å². The third-order valence-corrected chi connectivity index (χ3v) is 6.98. The van der Waals surface area contributed by atoms with Crippen LogP contribution in [0.15, 0.2) is 91.0 Å². The Balaban J connectivity index is 1.87. The van der Waals surface area contributed by atoms with Crippen molar-refractivity contribution in [3.63, 3.8) is 0 Å². The van der Waals surface area contributed by atoms with E-state index in [-0.39, 0.29) is 5.05 Å². The topological polar surface area (TPSA) is 107 Å². The van der Waals surface area contributed by atoms with E-state index in [0.717, 1.165) is 16.7 Å². The average molecular weight is 593 g/mol. The van der Waals surface area contributed by atoms with Gasteiger partial charge in [-0.05, 0) is 12.2 Å². The predicted octanol–water partition coefficient (Wildman–Crippen LogP) is 4.49. The standard InChI is InChI=1S/C32H32O9S/c1-20(33)37-26-27(38-21(2)34)29(40-30(36-4)28(26)39-22(3)35)31(42)41-32(23-14-8-5-9-15-23,24-16-10-6-11-17-24)25-18-12-7-13-19-25/h5-19,26-30H,1-4H3/t26-,27-,28+,29-,30-/m0/s1. The van der Waals surface area contributed by atoms with Crippen LogP contribution in [0.5, 0.6) is 0 Å². The van der Waals surface area contributed by atoms with E-state index in [9.17, 15) is 14.4 Å². The Labute approximate surface area is 249 Å². The average Bonchev–Trinajstić information content (AvgIpc) is 2.98. The molecular formula is C32H32O9S. The molecule has 0 bridgehead atoms. The Morgan fingerprint density at radius 3 is 1.40 bits per heavy atom. The molecule has 1 saturated heterocycles. The largest absolute Gasteiger partial charge is 0.463 e. The highest BCUT2D eigenvalue weighted by molar-refractivity contribution is 7.80. The van der Waals surface area contributed by atoms with Crippen molar-refractivity contribution in [1.29, 1.82) is 0 Å². The lowest BCUT2D eigenvalue weighted by Crippen LogP contribution is -2.64. The van der Waals surface area contributed by atoms with Crippen molar-refractivity contribution in [2.24, 2.45) is 0 Å².